The molecule has 1 aromatic rings. The third kappa shape index (κ3) is 1.91. The van der Waals surface area contributed by atoms with Crippen LogP contribution in [0.4, 0.5) is 0 Å². The molecular weight excluding hydrogens is 206 g/mol. The number of benzene rings is 1. The van der Waals surface area contributed by atoms with Crippen molar-refractivity contribution in [2.45, 2.75) is 19.1 Å². The normalized spacial score (nSPS) is 23.5. The summed E-state index contributed by atoms with van der Waals surface area (Å²) in [5, 5.41) is 0. The zero-order chi connectivity index (χ0) is 11.5. The second-order valence-corrected chi connectivity index (χ2v) is 3.57. The molecule has 1 aliphatic rings. The molecule has 0 aromatic heterocycles. The molecule has 2 atom stereocenters. The molecule has 0 saturated heterocycles. The summed E-state index contributed by atoms with van der Waals surface area (Å²) in [7, 11) is 1.35. The molecular formula is C12H13NO3. The fourth-order valence-corrected chi connectivity index (χ4v) is 1.73. The van der Waals surface area contributed by atoms with E-state index in [2.05, 4.69) is 4.99 Å². The first-order valence-electron chi connectivity index (χ1n) is 5.06. The van der Waals surface area contributed by atoms with Gasteiger partial charge in [0.25, 0.3) is 0 Å². The van der Waals surface area contributed by atoms with Gasteiger partial charge in [0.2, 0.25) is 6.10 Å². The van der Waals surface area contributed by atoms with Crippen LogP contribution in [0.2, 0.25) is 0 Å². The summed E-state index contributed by atoms with van der Waals surface area (Å²) >= 11 is 0. The first-order valence-corrected chi connectivity index (χ1v) is 5.06. The van der Waals surface area contributed by atoms with E-state index in [9.17, 15) is 4.79 Å². The average molecular weight is 219 g/mol. The van der Waals surface area contributed by atoms with E-state index in [1.54, 1.807) is 6.92 Å². The van der Waals surface area contributed by atoms with Gasteiger partial charge in [0.15, 0.2) is 5.90 Å². The third-order valence-electron chi connectivity index (χ3n) is 2.48. The number of nitrogens with zero attached hydrogens (tertiary/aromatic N) is 1. The monoisotopic (exact) mass is 219 g/mol. The van der Waals surface area contributed by atoms with Crippen LogP contribution in [0.25, 0.3) is 0 Å². The topological polar surface area (TPSA) is 47.9 Å². The van der Waals surface area contributed by atoms with Crippen molar-refractivity contribution < 1.29 is 14.3 Å². The van der Waals surface area contributed by atoms with Crippen molar-refractivity contribution in [2.75, 3.05) is 7.11 Å². The van der Waals surface area contributed by atoms with Gasteiger partial charge in [-0.2, -0.15) is 0 Å². The lowest BCUT2D eigenvalue weighted by atomic mass is 10.0. The minimum absolute atomic E-state index is 0.298. The molecule has 0 unspecified atom stereocenters. The Kier molecular flexibility index (Phi) is 2.90. The highest BCUT2D eigenvalue weighted by atomic mass is 16.6. The molecule has 1 aromatic carbocycles. The molecule has 0 bridgehead atoms. The van der Waals surface area contributed by atoms with Crippen molar-refractivity contribution >= 4 is 11.9 Å². The van der Waals surface area contributed by atoms with E-state index in [4.69, 9.17) is 9.47 Å². The van der Waals surface area contributed by atoms with Gasteiger partial charge < -0.3 is 9.47 Å². The maximum Gasteiger partial charge on any atom is 0.349 e. The Bertz CT molecular complexity index is 414. The Morgan fingerprint density at radius 3 is 2.69 bits per heavy atom. The molecule has 0 spiro atoms. The van der Waals surface area contributed by atoms with E-state index >= 15 is 0 Å². The van der Waals surface area contributed by atoms with E-state index in [1.807, 2.05) is 30.3 Å². The lowest BCUT2D eigenvalue weighted by molar-refractivity contribution is -0.149. The number of ether oxygens (including phenoxy) is 2. The maximum absolute atomic E-state index is 11.5. The van der Waals surface area contributed by atoms with Gasteiger partial charge in [0.1, 0.15) is 6.04 Å². The summed E-state index contributed by atoms with van der Waals surface area (Å²) in [4.78, 5) is 15.8. The Morgan fingerprint density at radius 2 is 2.06 bits per heavy atom. The fraction of sp³-hybridized carbons (Fsp3) is 0.333. The van der Waals surface area contributed by atoms with Gasteiger partial charge in [0, 0.05) is 6.92 Å². The number of esters is 1. The minimum atomic E-state index is -0.660. The summed E-state index contributed by atoms with van der Waals surface area (Å²) < 4.78 is 10.1. The van der Waals surface area contributed by atoms with Gasteiger partial charge in [-0.05, 0) is 5.56 Å². The molecule has 4 heteroatoms. The standard InChI is InChI=1S/C12H13NO3/c1-8-13-10(9-6-4-3-5-7-9)11(16-8)12(14)15-2/h3-7,10-11H,1-2H3/t10-,11+/m0/s1. The third-order valence-corrected chi connectivity index (χ3v) is 2.48. The van der Waals surface area contributed by atoms with Crippen LogP contribution in [-0.2, 0) is 14.3 Å². The second kappa shape index (κ2) is 4.35. The molecule has 0 amide bonds. The van der Waals surface area contributed by atoms with E-state index < -0.39 is 12.1 Å². The minimum Gasteiger partial charge on any atom is -0.466 e. The van der Waals surface area contributed by atoms with Crippen molar-refractivity contribution in [2.24, 2.45) is 4.99 Å². The van der Waals surface area contributed by atoms with Crippen molar-refractivity contribution in [1.82, 2.24) is 0 Å². The quantitative estimate of drug-likeness (QED) is 0.711. The van der Waals surface area contributed by atoms with E-state index in [-0.39, 0.29) is 6.04 Å². The first kappa shape index (κ1) is 10.7. The second-order valence-electron chi connectivity index (χ2n) is 3.57. The van der Waals surface area contributed by atoms with Crippen LogP contribution in [0.5, 0.6) is 0 Å². The van der Waals surface area contributed by atoms with Crippen LogP contribution < -0.4 is 0 Å². The van der Waals surface area contributed by atoms with Crippen LogP contribution >= 0.6 is 0 Å². The highest BCUT2D eigenvalue weighted by molar-refractivity contribution is 5.84. The Labute approximate surface area is 93.9 Å². The molecule has 2 rings (SSSR count). The SMILES string of the molecule is COC(=O)[C@@H]1OC(C)=N[C@H]1c1ccccc1. The number of carbonyl (C=O) groups is 1. The molecule has 0 fully saturated rings. The molecule has 0 saturated carbocycles. The summed E-state index contributed by atoms with van der Waals surface area (Å²) in [5.41, 5.74) is 0.953. The van der Waals surface area contributed by atoms with Crippen LogP contribution in [-0.4, -0.2) is 25.1 Å². The molecule has 4 nitrogen and oxygen atoms in total. The van der Waals surface area contributed by atoms with Crippen LogP contribution in [0, 0.1) is 0 Å². The first-order chi connectivity index (χ1) is 7.72. The average Bonchev–Trinajstić information content (AvgIpc) is 2.71. The molecule has 0 N–H and O–H groups in total. The summed E-state index contributed by atoms with van der Waals surface area (Å²) in [6, 6.07) is 9.29. The van der Waals surface area contributed by atoms with Crippen LogP contribution in [0.15, 0.2) is 35.3 Å². The lowest BCUT2D eigenvalue weighted by Crippen LogP contribution is -2.28. The number of hydrogen-bond acceptors (Lipinski definition) is 4. The van der Waals surface area contributed by atoms with Crippen LogP contribution in [0.1, 0.15) is 18.5 Å². The smallest absolute Gasteiger partial charge is 0.349 e. The number of methoxy groups -OCH3 is 1. The van der Waals surface area contributed by atoms with Crippen LogP contribution in [0.3, 0.4) is 0 Å². The Morgan fingerprint density at radius 1 is 1.38 bits per heavy atom. The zero-order valence-corrected chi connectivity index (χ0v) is 9.21. The lowest BCUT2D eigenvalue weighted by Gasteiger charge is -2.15. The van der Waals surface area contributed by atoms with Crippen molar-refractivity contribution in [3.05, 3.63) is 35.9 Å². The summed E-state index contributed by atoms with van der Waals surface area (Å²) in [6.45, 7) is 1.74. The van der Waals surface area contributed by atoms with Gasteiger partial charge in [0.05, 0.1) is 7.11 Å². The Balaban J connectivity index is 2.28. The predicted molar refractivity (Wildman–Crippen MR) is 59.2 cm³/mol. The number of aliphatic imine (C=N–C) groups is 1. The van der Waals surface area contributed by atoms with Gasteiger partial charge in [-0.15, -0.1) is 0 Å². The molecule has 0 aliphatic carbocycles. The molecule has 1 aliphatic heterocycles. The molecule has 16 heavy (non-hydrogen) atoms. The largest absolute Gasteiger partial charge is 0.466 e. The van der Waals surface area contributed by atoms with E-state index in [0.29, 0.717) is 5.90 Å². The van der Waals surface area contributed by atoms with Gasteiger partial charge in [-0.25, -0.2) is 9.79 Å². The number of rotatable bonds is 2. The summed E-state index contributed by atoms with van der Waals surface area (Å²) in [6.07, 6.45) is -0.660. The highest BCUT2D eigenvalue weighted by Crippen LogP contribution is 2.29. The maximum atomic E-state index is 11.5. The van der Waals surface area contributed by atoms with Crippen molar-refractivity contribution in [1.29, 1.82) is 0 Å². The Hall–Kier alpha value is -1.84. The van der Waals surface area contributed by atoms with E-state index in [1.165, 1.54) is 7.11 Å². The van der Waals surface area contributed by atoms with Crippen molar-refractivity contribution in [3.8, 4) is 0 Å². The zero-order valence-electron chi connectivity index (χ0n) is 9.21. The number of hydrogen-bond donors (Lipinski definition) is 0. The molecule has 0 radical (unpaired) electrons. The van der Waals surface area contributed by atoms with E-state index in [0.717, 1.165) is 5.56 Å². The van der Waals surface area contributed by atoms with Gasteiger partial charge >= 0.3 is 5.97 Å². The van der Waals surface area contributed by atoms with Gasteiger partial charge in [-0.3, -0.25) is 0 Å². The predicted octanol–water partition coefficient (Wildman–Crippen LogP) is 1.72. The molecule has 1 heterocycles. The summed E-state index contributed by atoms with van der Waals surface area (Å²) in [5.74, 6) is 0.124. The fourth-order valence-electron chi connectivity index (χ4n) is 1.73. The highest BCUT2D eigenvalue weighted by Gasteiger charge is 2.37. The number of carbonyl (C=O) groups excluding carboxylic acids is 1. The van der Waals surface area contributed by atoms with Crippen molar-refractivity contribution in [3.63, 3.8) is 0 Å². The molecule has 84 valence electrons. The van der Waals surface area contributed by atoms with Gasteiger partial charge in [-0.1, -0.05) is 30.3 Å².